The molecule has 0 bridgehead atoms. The minimum absolute atomic E-state index is 0.127. The van der Waals surface area contributed by atoms with Crippen molar-refractivity contribution >= 4 is 5.91 Å². The molecule has 1 fully saturated rings. The topological polar surface area (TPSA) is 73.6 Å². The van der Waals surface area contributed by atoms with E-state index in [1.807, 2.05) is 0 Å². The number of unbranched alkanes of at least 4 members (excludes halogenated alkanes) is 1. The van der Waals surface area contributed by atoms with Crippen molar-refractivity contribution in [3.05, 3.63) is 0 Å². The fourth-order valence-corrected chi connectivity index (χ4v) is 2.40. The van der Waals surface area contributed by atoms with Crippen LogP contribution < -0.4 is 11.1 Å². The van der Waals surface area contributed by atoms with Crippen LogP contribution in [0.1, 0.15) is 38.5 Å². The molecule has 0 aromatic carbocycles. The Morgan fingerprint density at radius 1 is 1.26 bits per heavy atom. The molecule has 0 aromatic heterocycles. The van der Waals surface area contributed by atoms with Gasteiger partial charge in [0.15, 0.2) is 0 Å². The number of carbonyl (C=O) groups is 1. The molecule has 5 heteroatoms. The monoisotopic (exact) mass is 272 g/mol. The molecule has 5 nitrogen and oxygen atoms in total. The van der Waals surface area contributed by atoms with Crippen LogP contribution in [-0.2, 0) is 14.3 Å². The van der Waals surface area contributed by atoms with E-state index in [0.29, 0.717) is 13.2 Å². The van der Waals surface area contributed by atoms with E-state index in [-0.39, 0.29) is 17.9 Å². The van der Waals surface area contributed by atoms with Crippen molar-refractivity contribution in [3.63, 3.8) is 0 Å². The van der Waals surface area contributed by atoms with Crippen molar-refractivity contribution < 1.29 is 14.3 Å². The minimum atomic E-state index is 0.127. The van der Waals surface area contributed by atoms with Gasteiger partial charge in [0.2, 0.25) is 5.91 Å². The van der Waals surface area contributed by atoms with Crippen LogP contribution in [0, 0.1) is 5.92 Å². The highest BCUT2D eigenvalue weighted by molar-refractivity contribution is 5.78. The van der Waals surface area contributed by atoms with Gasteiger partial charge in [-0.3, -0.25) is 4.79 Å². The summed E-state index contributed by atoms with van der Waals surface area (Å²) < 4.78 is 10.2. The van der Waals surface area contributed by atoms with Gasteiger partial charge < -0.3 is 20.5 Å². The molecule has 0 aromatic rings. The Labute approximate surface area is 116 Å². The number of hydrogen-bond acceptors (Lipinski definition) is 4. The molecule has 1 rings (SSSR count). The minimum Gasteiger partial charge on any atom is -0.382 e. The molecule has 3 N–H and O–H groups in total. The Morgan fingerprint density at radius 3 is 2.84 bits per heavy atom. The van der Waals surface area contributed by atoms with E-state index in [9.17, 15) is 4.79 Å². The SMILES string of the molecule is COCCOCCCCNC(=O)C1CCCC(N)C1. The molecule has 0 heterocycles. The van der Waals surface area contributed by atoms with E-state index in [1.165, 1.54) is 0 Å². The number of nitrogens with one attached hydrogen (secondary N) is 1. The number of carbonyl (C=O) groups excluding carboxylic acids is 1. The number of methoxy groups -OCH3 is 1. The number of amides is 1. The maximum atomic E-state index is 11.9. The Kier molecular flexibility index (Phi) is 8.79. The summed E-state index contributed by atoms with van der Waals surface area (Å²) in [6.45, 7) is 2.74. The van der Waals surface area contributed by atoms with Gasteiger partial charge in [-0.1, -0.05) is 6.42 Å². The molecule has 0 aliphatic heterocycles. The first-order valence-electron chi connectivity index (χ1n) is 7.34. The van der Waals surface area contributed by atoms with Crippen molar-refractivity contribution in [2.75, 3.05) is 33.5 Å². The van der Waals surface area contributed by atoms with Crippen molar-refractivity contribution in [2.45, 2.75) is 44.6 Å². The molecular formula is C14H28N2O3. The first-order chi connectivity index (χ1) is 9.24. The summed E-state index contributed by atoms with van der Waals surface area (Å²) in [4.78, 5) is 11.9. The summed E-state index contributed by atoms with van der Waals surface area (Å²) in [5.41, 5.74) is 5.89. The van der Waals surface area contributed by atoms with Crippen LogP contribution in [-0.4, -0.2) is 45.4 Å². The first kappa shape index (κ1) is 16.4. The number of ether oxygens (including phenoxy) is 2. The lowest BCUT2D eigenvalue weighted by molar-refractivity contribution is -0.126. The van der Waals surface area contributed by atoms with E-state index in [4.69, 9.17) is 15.2 Å². The smallest absolute Gasteiger partial charge is 0.223 e. The largest absolute Gasteiger partial charge is 0.382 e. The molecule has 0 spiro atoms. The van der Waals surface area contributed by atoms with Gasteiger partial charge >= 0.3 is 0 Å². The molecule has 2 atom stereocenters. The number of rotatable bonds is 9. The lowest BCUT2D eigenvalue weighted by Gasteiger charge is -2.25. The second-order valence-electron chi connectivity index (χ2n) is 5.23. The quantitative estimate of drug-likeness (QED) is 0.616. The second kappa shape index (κ2) is 10.2. The molecular weight excluding hydrogens is 244 g/mol. The predicted octanol–water partition coefficient (Wildman–Crippen LogP) is 1.06. The number of hydrogen-bond donors (Lipinski definition) is 2. The summed E-state index contributed by atoms with van der Waals surface area (Å²) >= 11 is 0. The maximum absolute atomic E-state index is 11.9. The summed E-state index contributed by atoms with van der Waals surface area (Å²) in [6.07, 6.45) is 5.88. The predicted molar refractivity (Wildman–Crippen MR) is 74.9 cm³/mol. The summed E-state index contributed by atoms with van der Waals surface area (Å²) in [6, 6.07) is 0.207. The zero-order chi connectivity index (χ0) is 13.9. The Morgan fingerprint density at radius 2 is 2.11 bits per heavy atom. The average molecular weight is 272 g/mol. The van der Waals surface area contributed by atoms with E-state index < -0.39 is 0 Å². The maximum Gasteiger partial charge on any atom is 0.223 e. The van der Waals surface area contributed by atoms with Crippen LogP contribution in [0.4, 0.5) is 0 Å². The van der Waals surface area contributed by atoms with Gasteiger partial charge in [-0.15, -0.1) is 0 Å². The van der Waals surface area contributed by atoms with Crippen molar-refractivity contribution in [1.82, 2.24) is 5.32 Å². The van der Waals surface area contributed by atoms with Crippen LogP contribution in [0.15, 0.2) is 0 Å². The van der Waals surface area contributed by atoms with Crippen LogP contribution in [0.2, 0.25) is 0 Å². The lowest BCUT2D eigenvalue weighted by atomic mass is 9.85. The highest BCUT2D eigenvalue weighted by Crippen LogP contribution is 2.22. The van der Waals surface area contributed by atoms with Gasteiger partial charge in [0.25, 0.3) is 0 Å². The third-order valence-electron chi connectivity index (χ3n) is 3.53. The van der Waals surface area contributed by atoms with E-state index in [2.05, 4.69) is 5.32 Å². The van der Waals surface area contributed by atoms with Crippen molar-refractivity contribution in [3.8, 4) is 0 Å². The second-order valence-corrected chi connectivity index (χ2v) is 5.23. The Bertz CT molecular complexity index is 249. The molecule has 0 saturated heterocycles. The molecule has 1 aliphatic carbocycles. The van der Waals surface area contributed by atoms with Crippen molar-refractivity contribution in [1.29, 1.82) is 0 Å². The molecule has 112 valence electrons. The highest BCUT2D eigenvalue weighted by atomic mass is 16.5. The zero-order valence-electron chi connectivity index (χ0n) is 12.0. The standard InChI is InChI=1S/C14H28N2O3/c1-18-9-10-19-8-3-2-7-16-14(17)12-5-4-6-13(15)11-12/h12-13H,2-11,15H2,1H3,(H,16,17). The first-order valence-corrected chi connectivity index (χ1v) is 7.34. The third kappa shape index (κ3) is 7.50. The molecule has 0 radical (unpaired) electrons. The van der Waals surface area contributed by atoms with Gasteiger partial charge in [0.1, 0.15) is 0 Å². The van der Waals surface area contributed by atoms with Crippen LogP contribution in [0.5, 0.6) is 0 Å². The fourth-order valence-electron chi connectivity index (χ4n) is 2.40. The average Bonchev–Trinajstić information content (AvgIpc) is 2.41. The molecule has 19 heavy (non-hydrogen) atoms. The van der Waals surface area contributed by atoms with E-state index >= 15 is 0 Å². The van der Waals surface area contributed by atoms with Crippen LogP contribution in [0.3, 0.4) is 0 Å². The lowest BCUT2D eigenvalue weighted by Crippen LogP contribution is -2.38. The van der Waals surface area contributed by atoms with E-state index in [0.717, 1.165) is 51.7 Å². The van der Waals surface area contributed by atoms with Gasteiger partial charge in [-0.25, -0.2) is 0 Å². The Hall–Kier alpha value is -0.650. The highest BCUT2D eigenvalue weighted by Gasteiger charge is 2.24. The fraction of sp³-hybridized carbons (Fsp3) is 0.929. The van der Waals surface area contributed by atoms with Gasteiger partial charge in [-0.2, -0.15) is 0 Å². The third-order valence-corrected chi connectivity index (χ3v) is 3.53. The number of nitrogens with two attached hydrogens (primary N) is 1. The van der Waals surface area contributed by atoms with Crippen LogP contribution in [0.25, 0.3) is 0 Å². The Balaban J connectivity index is 1.95. The zero-order valence-corrected chi connectivity index (χ0v) is 12.0. The molecule has 1 aliphatic rings. The normalized spacial score (nSPS) is 23.3. The van der Waals surface area contributed by atoms with Crippen molar-refractivity contribution in [2.24, 2.45) is 11.7 Å². The van der Waals surface area contributed by atoms with Crippen LogP contribution >= 0.6 is 0 Å². The van der Waals surface area contributed by atoms with Gasteiger partial charge in [0.05, 0.1) is 13.2 Å². The van der Waals surface area contributed by atoms with E-state index in [1.54, 1.807) is 7.11 Å². The summed E-state index contributed by atoms with van der Waals surface area (Å²) in [5, 5.41) is 3.00. The summed E-state index contributed by atoms with van der Waals surface area (Å²) in [7, 11) is 1.66. The molecule has 1 amide bonds. The van der Waals surface area contributed by atoms with Gasteiger partial charge in [0, 0.05) is 32.2 Å². The molecule has 1 saturated carbocycles. The summed E-state index contributed by atoms with van der Waals surface area (Å²) in [5.74, 6) is 0.303. The van der Waals surface area contributed by atoms with Gasteiger partial charge in [-0.05, 0) is 32.1 Å². The molecule has 2 unspecified atom stereocenters.